The van der Waals surface area contributed by atoms with Gasteiger partial charge in [0.25, 0.3) is 5.91 Å². The van der Waals surface area contributed by atoms with Gasteiger partial charge in [-0.25, -0.2) is 0 Å². The van der Waals surface area contributed by atoms with Crippen LogP contribution in [0.3, 0.4) is 0 Å². The number of anilines is 1. The molecule has 146 valence electrons. The summed E-state index contributed by atoms with van der Waals surface area (Å²) in [4.78, 5) is 31.4. The van der Waals surface area contributed by atoms with E-state index in [0.717, 1.165) is 24.2 Å². The number of piperazine rings is 1. The average Bonchev–Trinajstić information content (AvgIpc) is 3.29. The number of hydrogen-bond acceptors (Lipinski definition) is 3. The molecule has 4 rings (SSSR count). The summed E-state index contributed by atoms with van der Waals surface area (Å²) in [5.41, 5.74) is 2.96. The number of hydrogen-bond donors (Lipinski definition) is 0. The quantitative estimate of drug-likeness (QED) is 0.823. The van der Waals surface area contributed by atoms with E-state index in [1.165, 1.54) is 18.5 Å². The van der Waals surface area contributed by atoms with Gasteiger partial charge in [0.05, 0.1) is 6.42 Å². The van der Waals surface area contributed by atoms with Crippen molar-refractivity contribution in [2.75, 3.05) is 44.2 Å². The van der Waals surface area contributed by atoms with Crippen molar-refractivity contribution in [2.45, 2.75) is 19.3 Å². The lowest BCUT2D eigenvalue weighted by Crippen LogP contribution is -2.51. The number of carbonyl (C=O) groups is 2. The number of benzene rings is 2. The zero-order valence-electron chi connectivity index (χ0n) is 16.2. The van der Waals surface area contributed by atoms with Crippen molar-refractivity contribution in [3.63, 3.8) is 0 Å². The molecule has 0 N–H and O–H groups in total. The minimum absolute atomic E-state index is 0.0585. The topological polar surface area (TPSA) is 43.9 Å². The lowest BCUT2D eigenvalue weighted by molar-refractivity contribution is -0.131. The van der Waals surface area contributed by atoms with Crippen molar-refractivity contribution >= 4 is 17.5 Å². The molecule has 0 saturated carbocycles. The highest BCUT2D eigenvalue weighted by molar-refractivity contribution is 5.94. The monoisotopic (exact) mass is 377 g/mol. The summed E-state index contributed by atoms with van der Waals surface area (Å²) in [6, 6.07) is 17.8. The van der Waals surface area contributed by atoms with E-state index in [1.54, 1.807) is 0 Å². The van der Waals surface area contributed by atoms with E-state index in [4.69, 9.17) is 0 Å². The molecule has 2 aliphatic heterocycles. The van der Waals surface area contributed by atoms with Crippen LogP contribution in [0, 0.1) is 0 Å². The highest BCUT2D eigenvalue weighted by atomic mass is 16.2. The predicted octanol–water partition coefficient (Wildman–Crippen LogP) is 2.81. The maximum absolute atomic E-state index is 12.8. The summed E-state index contributed by atoms with van der Waals surface area (Å²) in [5, 5.41) is 0. The molecule has 2 amide bonds. The molecule has 5 heteroatoms. The SMILES string of the molecule is O=C(Cc1ccccc1)N1CCN(C(=O)c2ccc(N3CCCC3)cc2)CC1. The van der Waals surface area contributed by atoms with Gasteiger partial charge in [-0.15, -0.1) is 0 Å². The molecule has 5 nitrogen and oxygen atoms in total. The summed E-state index contributed by atoms with van der Waals surface area (Å²) >= 11 is 0. The Bertz CT molecular complexity index is 806. The second kappa shape index (κ2) is 8.46. The van der Waals surface area contributed by atoms with Gasteiger partial charge in [-0.05, 0) is 42.7 Å². The normalized spacial score (nSPS) is 17.1. The highest BCUT2D eigenvalue weighted by Crippen LogP contribution is 2.21. The lowest BCUT2D eigenvalue weighted by atomic mass is 10.1. The second-order valence-corrected chi connectivity index (χ2v) is 7.58. The Morgan fingerprint density at radius 1 is 0.714 bits per heavy atom. The molecule has 0 spiro atoms. The molecule has 2 aliphatic rings. The summed E-state index contributed by atoms with van der Waals surface area (Å²) in [5.74, 6) is 0.191. The Morgan fingerprint density at radius 2 is 1.32 bits per heavy atom. The molecular formula is C23H27N3O2. The van der Waals surface area contributed by atoms with E-state index in [9.17, 15) is 9.59 Å². The first-order valence-corrected chi connectivity index (χ1v) is 10.2. The standard InChI is InChI=1S/C23H27N3O2/c27-22(18-19-6-2-1-3-7-19)25-14-16-26(17-15-25)23(28)20-8-10-21(11-9-20)24-12-4-5-13-24/h1-3,6-11H,4-5,12-18H2. The number of nitrogens with zero attached hydrogens (tertiary/aromatic N) is 3. The minimum Gasteiger partial charge on any atom is -0.372 e. The summed E-state index contributed by atoms with van der Waals surface area (Å²) in [6.07, 6.45) is 2.91. The second-order valence-electron chi connectivity index (χ2n) is 7.58. The van der Waals surface area contributed by atoms with E-state index in [1.807, 2.05) is 52.3 Å². The molecule has 2 aromatic carbocycles. The fourth-order valence-corrected chi connectivity index (χ4v) is 4.01. The van der Waals surface area contributed by atoms with Crippen molar-refractivity contribution in [1.29, 1.82) is 0 Å². The van der Waals surface area contributed by atoms with Crippen LogP contribution in [0.4, 0.5) is 5.69 Å². The maximum Gasteiger partial charge on any atom is 0.253 e. The van der Waals surface area contributed by atoms with Gasteiger partial charge >= 0.3 is 0 Å². The van der Waals surface area contributed by atoms with Crippen LogP contribution in [0.1, 0.15) is 28.8 Å². The molecule has 28 heavy (non-hydrogen) atoms. The molecule has 0 aromatic heterocycles. The van der Waals surface area contributed by atoms with Crippen LogP contribution in [-0.4, -0.2) is 60.9 Å². The van der Waals surface area contributed by atoms with Crippen LogP contribution in [0.2, 0.25) is 0 Å². The van der Waals surface area contributed by atoms with Crippen molar-refractivity contribution < 1.29 is 9.59 Å². The molecule has 2 fully saturated rings. The Kier molecular flexibility index (Phi) is 5.60. The zero-order chi connectivity index (χ0) is 19.3. The third kappa shape index (κ3) is 4.19. The number of amides is 2. The third-order valence-corrected chi connectivity index (χ3v) is 5.70. The Labute approximate surface area is 166 Å². The molecule has 0 bridgehead atoms. The van der Waals surface area contributed by atoms with Gasteiger partial charge in [-0.3, -0.25) is 9.59 Å². The number of rotatable bonds is 4. The van der Waals surface area contributed by atoms with Gasteiger partial charge in [0, 0.05) is 50.5 Å². The molecule has 2 aromatic rings. The van der Waals surface area contributed by atoms with E-state index >= 15 is 0 Å². The van der Waals surface area contributed by atoms with Crippen LogP contribution in [0.25, 0.3) is 0 Å². The molecular weight excluding hydrogens is 350 g/mol. The van der Waals surface area contributed by atoms with Crippen molar-refractivity contribution in [2.24, 2.45) is 0 Å². The lowest BCUT2D eigenvalue weighted by Gasteiger charge is -2.35. The Balaban J connectivity index is 1.30. The molecule has 0 unspecified atom stereocenters. The van der Waals surface area contributed by atoms with Crippen LogP contribution in [-0.2, 0) is 11.2 Å². The highest BCUT2D eigenvalue weighted by Gasteiger charge is 2.25. The predicted molar refractivity (Wildman–Crippen MR) is 111 cm³/mol. The van der Waals surface area contributed by atoms with E-state index < -0.39 is 0 Å². The number of carbonyl (C=O) groups excluding carboxylic acids is 2. The smallest absolute Gasteiger partial charge is 0.253 e. The van der Waals surface area contributed by atoms with Crippen LogP contribution in [0.15, 0.2) is 54.6 Å². The molecule has 0 atom stereocenters. The van der Waals surface area contributed by atoms with E-state index in [2.05, 4.69) is 17.0 Å². The largest absolute Gasteiger partial charge is 0.372 e. The van der Waals surface area contributed by atoms with Gasteiger partial charge in [-0.1, -0.05) is 30.3 Å². The first-order valence-electron chi connectivity index (χ1n) is 10.2. The van der Waals surface area contributed by atoms with Crippen LogP contribution >= 0.6 is 0 Å². The minimum atomic E-state index is 0.0585. The van der Waals surface area contributed by atoms with Gasteiger partial charge in [0.2, 0.25) is 5.91 Å². The van der Waals surface area contributed by atoms with E-state index in [0.29, 0.717) is 32.6 Å². The Hall–Kier alpha value is -2.82. The average molecular weight is 377 g/mol. The fraction of sp³-hybridized carbons (Fsp3) is 0.391. The summed E-state index contributed by atoms with van der Waals surface area (Å²) in [6.45, 7) is 4.59. The van der Waals surface area contributed by atoms with Gasteiger partial charge in [0.15, 0.2) is 0 Å². The summed E-state index contributed by atoms with van der Waals surface area (Å²) in [7, 11) is 0. The van der Waals surface area contributed by atoms with Crippen LogP contribution < -0.4 is 4.90 Å². The third-order valence-electron chi connectivity index (χ3n) is 5.70. The fourth-order valence-electron chi connectivity index (χ4n) is 4.01. The van der Waals surface area contributed by atoms with Crippen molar-refractivity contribution in [3.05, 3.63) is 65.7 Å². The first-order chi connectivity index (χ1) is 13.7. The maximum atomic E-state index is 12.8. The molecule has 0 aliphatic carbocycles. The van der Waals surface area contributed by atoms with Crippen molar-refractivity contribution in [3.8, 4) is 0 Å². The molecule has 2 saturated heterocycles. The molecule has 2 heterocycles. The Morgan fingerprint density at radius 3 is 1.96 bits per heavy atom. The van der Waals surface area contributed by atoms with Crippen LogP contribution in [0.5, 0.6) is 0 Å². The summed E-state index contributed by atoms with van der Waals surface area (Å²) < 4.78 is 0. The molecule has 0 radical (unpaired) electrons. The van der Waals surface area contributed by atoms with E-state index in [-0.39, 0.29) is 11.8 Å². The van der Waals surface area contributed by atoms with Gasteiger partial charge < -0.3 is 14.7 Å². The first kappa shape index (κ1) is 18.5. The zero-order valence-corrected chi connectivity index (χ0v) is 16.2. The van der Waals surface area contributed by atoms with Gasteiger partial charge in [0.1, 0.15) is 0 Å². The van der Waals surface area contributed by atoms with Gasteiger partial charge in [-0.2, -0.15) is 0 Å². The van der Waals surface area contributed by atoms with Crippen molar-refractivity contribution in [1.82, 2.24) is 9.80 Å².